The third-order valence-corrected chi connectivity index (χ3v) is 3.70. The van der Waals surface area contributed by atoms with Crippen LogP contribution >= 0.6 is 0 Å². The molecule has 0 unspecified atom stereocenters. The molecule has 0 spiro atoms. The highest BCUT2D eigenvalue weighted by Gasteiger charge is 2.06. The van der Waals surface area contributed by atoms with E-state index in [1.165, 1.54) is 50.7 Å². The van der Waals surface area contributed by atoms with Crippen LogP contribution < -0.4 is 9.47 Å². The Morgan fingerprint density at radius 2 is 1.59 bits per heavy atom. The van der Waals surface area contributed by atoms with E-state index in [-0.39, 0.29) is 23.7 Å². The predicted octanol–water partition coefficient (Wildman–Crippen LogP) is 3.37. The minimum absolute atomic E-state index is 0.00499. The van der Waals surface area contributed by atoms with Gasteiger partial charge in [0.25, 0.3) is 0 Å². The lowest BCUT2D eigenvalue weighted by Gasteiger charge is -2.03. The topological polar surface area (TPSA) is 93.1 Å². The van der Waals surface area contributed by atoms with Crippen LogP contribution in [0.3, 0.4) is 0 Å². The first-order chi connectivity index (χ1) is 12.9. The zero-order chi connectivity index (χ0) is 19.8. The average Bonchev–Trinajstić information content (AvgIpc) is 2.66. The molecule has 0 saturated heterocycles. The fraction of sp³-hybridized carbons (Fsp3) is 0.143. The average molecular weight is 368 g/mol. The highest BCUT2D eigenvalue weighted by molar-refractivity contribution is 6.11. The number of phenols is 2. The van der Waals surface area contributed by atoms with Crippen LogP contribution in [0.1, 0.15) is 17.5 Å². The van der Waals surface area contributed by atoms with Gasteiger partial charge >= 0.3 is 0 Å². The number of rotatable bonds is 8. The highest BCUT2D eigenvalue weighted by atomic mass is 16.5. The molecule has 6 heteroatoms. The van der Waals surface area contributed by atoms with E-state index in [1.807, 2.05) is 0 Å². The van der Waals surface area contributed by atoms with Crippen molar-refractivity contribution in [1.82, 2.24) is 0 Å². The molecule has 0 heterocycles. The van der Waals surface area contributed by atoms with E-state index in [2.05, 4.69) is 0 Å². The van der Waals surface area contributed by atoms with Crippen LogP contribution in [0.2, 0.25) is 0 Å². The molecule has 0 amide bonds. The van der Waals surface area contributed by atoms with Gasteiger partial charge in [-0.15, -0.1) is 0 Å². The molecule has 140 valence electrons. The Bertz CT molecular complexity index is 896. The van der Waals surface area contributed by atoms with Crippen molar-refractivity contribution in [2.45, 2.75) is 6.42 Å². The Balaban J connectivity index is 1.97. The molecule has 0 radical (unpaired) electrons. The van der Waals surface area contributed by atoms with E-state index in [0.29, 0.717) is 22.6 Å². The number of allylic oxidation sites excluding steroid dienone is 2. The van der Waals surface area contributed by atoms with Crippen molar-refractivity contribution >= 4 is 23.7 Å². The second-order valence-corrected chi connectivity index (χ2v) is 5.63. The monoisotopic (exact) mass is 368 g/mol. The zero-order valence-corrected chi connectivity index (χ0v) is 15.0. The summed E-state index contributed by atoms with van der Waals surface area (Å²) < 4.78 is 10.0. The van der Waals surface area contributed by atoms with Gasteiger partial charge < -0.3 is 19.7 Å². The van der Waals surface area contributed by atoms with Crippen molar-refractivity contribution in [1.29, 1.82) is 0 Å². The Morgan fingerprint density at radius 1 is 0.889 bits per heavy atom. The van der Waals surface area contributed by atoms with Gasteiger partial charge in [-0.05, 0) is 54.1 Å². The lowest BCUT2D eigenvalue weighted by molar-refractivity contribution is -0.121. The summed E-state index contributed by atoms with van der Waals surface area (Å²) in [5.74, 6) is 0.0649. The lowest BCUT2D eigenvalue weighted by Crippen LogP contribution is -2.01. The molecule has 2 aromatic rings. The summed E-state index contributed by atoms with van der Waals surface area (Å²) in [5, 5.41) is 19.5. The minimum Gasteiger partial charge on any atom is -0.507 e. The molecule has 27 heavy (non-hydrogen) atoms. The van der Waals surface area contributed by atoms with Crippen LogP contribution in [-0.2, 0) is 9.59 Å². The maximum Gasteiger partial charge on any atom is 0.163 e. The van der Waals surface area contributed by atoms with Crippen LogP contribution in [0.25, 0.3) is 12.2 Å². The molecule has 0 aliphatic rings. The fourth-order valence-electron chi connectivity index (χ4n) is 2.27. The number of aromatic hydroxyl groups is 2. The molecule has 0 aliphatic heterocycles. The van der Waals surface area contributed by atoms with Crippen LogP contribution in [0, 0.1) is 0 Å². The summed E-state index contributed by atoms with van der Waals surface area (Å²) in [6.07, 6.45) is 5.14. The Hall–Kier alpha value is -3.54. The van der Waals surface area contributed by atoms with Gasteiger partial charge in [0.1, 0.15) is 11.5 Å². The summed E-state index contributed by atoms with van der Waals surface area (Å²) in [5.41, 5.74) is 1.02. The standard InChI is InChI=1S/C21H20O6/c1-26-18-8-9-19(24)15(12-18)5-7-17(23)13-16(22)6-3-14-4-10-21(27-2)20(25)11-14/h3-12,24-25H,13H2,1-2H3. The number of hydrogen-bond donors (Lipinski definition) is 2. The molecule has 0 atom stereocenters. The summed E-state index contributed by atoms with van der Waals surface area (Å²) in [6, 6.07) is 9.34. The number of ether oxygens (including phenoxy) is 2. The lowest BCUT2D eigenvalue weighted by atomic mass is 10.1. The van der Waals surface area contributed by atoms with Crippen LogP contribution in [0.15, 0.2) is 48.6 Å². The summed E-state index contributed by atoms with van der Waals surface area (Å²) in [6.45, 7) is 0. The van der Waals surface area contributed by atoms with Crippen LogP contribution in [0.5, 0.6) is 23.0 Å². The van der Waals surface area contributed by atoms with Crippen molar-refractivity contribution in [3.63, 3.8) is 0 Å². The number of methoxy groups -OCH3 is 2. The van der Waals surface area contributed by atoms with E-state index in [4.69, 9.17) is 9.47 Å². The van der Waals surface area contributed by atoms with E-state index in [1.54, 1.807) is 24.3 Å². The van der Waals surface area contributed by atoms with Crippen LogP contribution in [-0.4, -0.2) is 36.0 Å². The Morgan fingerprint density at radius 3 is 2.22 bits per heavy atom. The molecule has 2 rings (SSSR count). The van der Waals surface area contributed by atoms with E-state index < -0.39 is 5.78 Å². The normalized spacial score (nSPS) is 11.0. The predicted molar refractivity (Wildman–Crippen MR) is 102 cm³/mol. The van der Waals surface area contributed by atoms with Gasteiger partial charge in [0.15, 0.2) is 23.1 Å². The van der Waals surface area contributed by atoms with E-state index in [9.17, 15) is 19.8 Å². The zero-order valence-electron chi connectivity index (χ0n) is 15.0. The highest BCUT2D eigenvalue weighted by Crippen LogP contribution is 2.27. The molecule has 0 aliphatic carbocycles. The largest absolute Gasteiger partial charge is 0.507 e. The molecule has 0 bridgehead atoms. The van der Waals surface area contributed by atoms with Crippen LogP contribution in [0.4, 0.5) is 0 Å². The number of carbonyl (C=O) groups is 2. The van der Waals surface area contributed by atoms with Crippen molar-refractivity contribution in [2.75, 3.05) is 14.2 Å². The molecule has 6 nitrogen and oxygen atoms in total. The third-order valence-electron chi connectivity index (χ3n) is 3.70. The van der Waals surface area contributed by atoms with E-state index in [0.717, 1.165) is 0 Å². The van der Waals surface area contributed by atoms with Gasteiger partial charge in [0, 0.05) is 5.56 Å². The number of carbonyl (C=O) groups excluding carboxylic acids is 2. The van der Waals surface area contributed by atoms with Gasteiger partial charge in [-0.1, -0.05) is 12.1 Å². The fourth-order valence-corrected chi connectivity index (χ4v) is 2.27. The van der Waals surface area contributed by atoms with Crippen molar-refractivity contribution < 1.29 is 29.3 Å². The number of ketones is 2. The van der Waals surface area contributed by atoms with Gasteiger partial charge in [-0.25, -0.2) is 0 Å². The number of benzene rings is 2. The quantitative estimate of drug-likeness (QED) is 0.548. The maximum atomic E-state index is 11.9. The second-order valence-electron chi connectivity index (χ2n) is 5.63. The maximum absolute atomic E-state index is 11.9. The van der Waals surface area contributed by atoms with Gasteiger partial charge in [0.2, 0.25) is 0 Å². The van der Waals surface area contributed by atoms with Gasteiger partial charge in [0.05, 0.1) is 20.6 Å². The third kappa shape index (κ3) is 5.74. The minimum atomic E-state index is -0.399. The van der Waals surface area contributed by atoms with Crippen molar-refractivity contribution in [2.24, 2.45) is 0 Å². The van der Waals surface area contributed by atoms with E-state index >= 15 is 0 Å². The van der Waals surface area contributed by atoms with Crippen molar-refractivity contribution in [3.05, 3.63) is 59.7 Å². The summed E-state index contributed by atoms with van der Waals surface area (Å²) in [4.78, 5) is 23.8. The molecular weight excluding hydrogens is 348 g/mol. The van der Waals surface area contributed by atoms with Gasteiger partial charge in [-0.3, -0.25) is 9.59 Å². The number of hydrogen-bond acceptors (Lipinski definition) is 6. The molecule has 0 fully saturated rings. The molecule has 2 aromatic carbocycles. The first kappa shape index (κ1) is 19.8. The molecule has 0 saturated carbocycles. The first-order valence-corrected chi connectivity index (χ1v) is 8.08. The molecule has 2 N–H and O–H groups in total. The number of phenolic OH excluding ortho intramolecular Hbond substituents is 2. The second kappa shape index (κ2) is 9.24. The SMILES string of the molecule is COc1ccc(O)c(C=CC(=O)CC(=O)C=Cc2ccc(OC)c(O)c2)c1. The Kier molecular flexibility index (Phi) is 6.77. The molecule has 0 aromatic heterocycles. The first-order valence-electron chi connectivity index (χ1n) is 8.08. The van der Waals surface area contributed by atoms with Gasteiger partial charge in [-0.2, -0.15) is 0 Å². The Labute approximate surface area is 157 Å². The van der Waals surface area contributed by atoms with Crippen molar-refractivity contribution in [3.8, 4) is 23.0 Å². The summed E-state index contributed by atoms with van der Waals surface area (Å²) >= 11 is 0. The molecular formula is C21H20O6. The smallest absolute Gasteiger partial charge is 0.163 e. The summed E-state index contributed by atoms with van der Waals surface area (Å²) in [7, 11) is 2.94.